The van der Waals surface area contributed by atoms with E-state index < -0.39 is 0 Å². The summed E-state index contributed by atoms with van der Waals surface area (Å²) in [7, 11) is 0. The summed E-state index contributed by atoms with van der Waals surface area (Å²) in [5, 5.41) is 9.26. The highest BCUT2D eigenvalue weighted by Crippen LogP contribution is 2.32. The molecular weight excluding hydrogens is 208 g/mol. The van der Waals surface area contributed by atoms with Crippen molar-refractivity contribution in [1.82, 2.24) is 0 Å². The normalized spacial score (nSPS) is 13.9. The maximum absolute atomic E-state index is 10.9. The molecule has 0 fully saturated rings. The van der Waals surface area contributed by atoms with Crippen LogP contribution in [0.4, 0.5) is 0 Å². The minimum atomic E-state index is -0.375. The average molecular weight is 222 g/mol. The molecule has 0 aliphatic carbocycles. The van der Waals surface area contributed by atoms with Crippen LogP contribution in [0.1, 0.15) is 24.5 Å². The lowest BCUT2D eigenvalue weighted by atomic mass is 10.00. The third kappa shape index (κ3) is 2.17. The number of benzene rings is 1. The van der Waals surface area contributed by atoms with E-state index in [4.69, 9.17) is 9.47 Å². The molecule has 4 heteroatoms. The second-order valence-electron chi connectivity index (χ2n) is 3.76. The number of carbonyl (C=O) groups is 1. The van der Waals surface area contributed by atoms with Gasteiger partial charge in [0.2, 0.25) is 0 Å². The fourth-order valence-electron chi connectivity index (χ4n) is 1.88. The minimum Gasteiger partial charge on any atom is -0.493 e. The van der Waals surface area contributed by atoms with Crippen molar-refractivity contribution in [3.8, 4) is 11.5 Å². The number of fused-ring (bicyclic) bond motifs is 1. The van der Waals surface area contributed by atoms with E-state index in [-0.39, 0.29) is 12.6 Å². The van der Waals surface area contributed by atoms with E-state index in [2.05, 4.69) is 0 Å². The Morgan fingerprint density at radius 3 is 3.06 bits per heavy atom. The van der Waals surface area contributed by atoms with E-state index in [1.165, 1.54) is 6.92 Å². The molecule has 2 rings (SSSR count). The van der Waals surface area contributed by atoms with Gasteiger partial charge in [-0.15, -0.1) is 0 Å². The van der Waals surface area contributed by atoms with Crippen molar-refractivity contribution >= 4 is 5.97 Å². The number of ether oxygens (including phenoxy) is 2. The highest BCUT2D eigenvalue weighted by molar-refractivity contribution is 5.69. The Labute approximate surface area is 93.8 Å². The van der Waals surface area contributed by atoms with E-state index in [1.807, 2.05) is 0 Å². The molecule has 1 heterocycles. The van der Waals surface area contributed by atoms with Crippen LogP contribution < -0.4 is 9.47 Å². The zero-order valence-corrected chi connectivity index (χ0v) is 9.16. The molecule has 0 saturated carbocycles. The van der Waals surface area contributed by atoms with Gasteiger partial charge in [-0.05, 0) is 24.5 Å². The smallest absolute Gasteiger partial charge is 0.308 e. The number of aliphatic hydroxyl groups is 1. The van der Waals surface area contributed by atoms with Crippen LogP contribution in [0.5, 0.6) is 11.5 Å². The number of hydrogen-bond acceptors (Lipinski definition) is 4. The molecule has 1 aromatic carbocycles. The Morgan fingerprint density at radius 1 is 1.56 bits per heavy atom. The predicted octanol–water partition coefficient (Wildman–Crippen LogP) is 1.43. The molecule has 0 unspecified atom stereocenters. The quantitative estimate of drug-likeness (QED) is 0.607. The summed E-state index contributed by atoms with van der Waals surface area (Å²) in [5.74, 6) is 0.769. The van der Waals surface area contributed by atoms with Crippen LogP contribution in [0.3, 0.4) is 0 Å². The summed E-state index contributed by atoms with van der Waals surface area (Å²) in [4.78, 5) is 10.9. The van der Waals surface area contributed by atoms with E-state index in [1.54, 1.807) is 12.1 Å². The lowest BCUT2D eigenvalue weighted by Gasteiger charge is -2.20. The highest BCUT2D eigenvalue weighted by atomic mass is 16.5. The highest BCUT2D eigenvalue weighted by Gasteiger charge is 2.16. The first-order valence-electron chi connectivity index (χ1n) is 5.28. The Morgan fingerprint density at radius 2 is 2.38 bits per heavy atom. The molecule has 0 bridgehead atoms. The van der Waals surface area contributed by atoms with Crippen molar-refractivity contribution in [2.24, 2.45) is 0 Å². The van der Waals surface area contributed by atoms with Crippen molar-refractivity contribution < 1.29 is 19.4 Å². The second-order valence-corrected chi connectivity index (χ2v) is 3.76. The van der Waals surface area contributed by atoms with Crippen molar-refractivity contribution in [2.75, 3.05) is 6.61 Å². The third-order valence-electron chi connectivity index (χ3n) is 2.54. The van der Waals surface area contributed by atoms with Crippen molar-refractivity contribution in [3.63, 3.8) is 0 Å². The maximum Gasteiger partial charge on any atom is 0.308 e. The van der Waals surface area contributed by atoms with E-state index in [0.717, 1.165) is 24.0 Å². The predicted molar refractivity (Wildman–Crippen MR) is 57.5 cm³/mol. The molecule has 0 spiro atoms. The Kier molecular flexibility index (Phi) is 3.10. The molecule has 0 aromatic heterocycles. The van der Waals surface area contributed by atoms with Gasteiger partial charge in [0.1, 0.15) is 11.5 Å². The van der Waals surface area contributed by atoms with Gasteiger partial charge in [0.25, 0.3) is 0 Å². The van der Waals surface area contributed by atoms with Gasteiger partial charge < -0.3 is 14.6 Å². The summed E-state index contributed by atoms with van der Waals surface area (Å²) in [6, 6.07) is 3.39. The molecule has 1 aromatic rings. The number of aliphatic hydroxyl groups excluding tert-OH is 1. The van der Waals surface area contributed by atoms with Gasteiger partial charge in [-0.3, -0.25) is 4.79 Å². The van der Waals surface area contributed by atoms with Crippen LogP contribution in [0.15, 0.2) is 12.1 Å². The second kappa shape index (κ2) is 4.53. The van der Waals surface area contributed by atoms with Crippen LogP contribution in [-0.4, -0.2) is 17.7 Å². The topological polar surface area (TPSA) is 55.8 Å². The molecule has 1 aliphatic heterocycles. The molecule has 4 nitrogen and oxygen atoms in total. The van der Waals surface area contributed by atoms with Gasteiger partial charge in [-0.25, -0.2) is 0 Å². The Hall–Kier alpha value is -1.55. The summed E-state index contributed by atoms with van der Waals surface area (Å²) in [6.07, 6.45) is 1.85. The zero-order chi connectivity index (χ0) is 11.5. The van der Waals surface area contributed by atoms with Gasteiger partial charge in [-0.2, -0.15) is 0 Å². The van der Waals surface area contributed by atoms with Gasteiger partial charge in [-0.1, -0.05) is 0 Å². The number of hydrogen-bond donors (Lipinski definition) is 1. The fraction of sp³-hybridized carbons (Fsp3) is 0.417. The van der Waals surface area contributed by atoms with Gasteiger partial charge in [0, 0.05) is 18.6 Å². The third-order valence-corrected chi connectivity index (χ3v) is 2.54. The van der Waals surface area contributed by atoms with E-state index in [9.17, 15) is 9.90 Å². The first-order valence-corrected chi connectivity index (χ1v) is 5.28. The summed E-state index contributed by atoms with van der Waals surface area (Å²) in [5.41, 5.74) is 1.79. The number of carbonyl (C=O) groups excluding carboxylic acids is 1. The molecule has 1 aliphatic rings. The minimum absolute atomic E-state index is 0.0687. The largest absolute Gasteiger partial charge is 0.493 e. The standard InChI is InChI=1S/C12H14O4/c1-8(14)16-10-5-9(7-13)11-3-2-4-15-12(11)6-10/h5-6,13H,2-4,7H2,1H3. The SMILES string of the molecule is CC(=O)Oc1cc(CO)c2c(c1)OCCC2. The number of esters is 1. The molecule has 0 amide bonds. The molecule has 0 saturated heterocycles. The van der Waals surface area contributed by atoms with Crippen LogP contribution in [0, 0.1) is 0 Å². The lowest BCUT2D eigenvalue weighted by molar-refractivity contribution is -0.131. The molecular formula is C12H14O4. The first kappa shape index (κ1) is 11.0. The zero-order valence-electron chi connectivity index (χ0n) is 9.16. The average Bonchev–Trinajstić information content (AvgIpc) is 2.27. The molecule has 16 heavy (non-hydrogen) atoms. The van der Waals surface area contributed by atoms with Crippen LogP contribution in [-0.2, 0) is 17.8 Å². The van der Waals surface area contributed by atoms with Gasteiger partial charge in [0.05, 0.1) is 13.2 Å². The molecule has 1 N–H and O–H groups in total. The first-order chi connectivity index (χ1) is 7.70. The summed E-state index contributed by atoms with van der Waals surface area (Å²) < 4.78 is 10.5. The fourth-order valence-corrected chi connectivity index (χ4v) is 1.88. The lowest BCUT2D eigenvalue weighted by Crippen LogP contribution is -2.12. The van der Waals surface area contributed by atoms with Crippen molar-refractivity contribution in [2.45, 2.75) is 26.4 Å². The van der Waals surface area contributed by atoms with Crippen LogP contribution >= 0.6 is 0 Å². The van der Waals surface area contributed by atoms with Crippen LogP contribution in [0.25, 0.3) is 0 Å². The molecule has 0 atom stereocenters. The number of rotatable bonds is 2. The molecule has 0 radical (unpaired) electrons. The monoisotopic (exact) mass is 222 g/mol. The van der Waals surface area contributed by atoms with E-state index >= 15 is 0 Å². The van der Waals surface area contributed by atoms with Crippen LogP contribution in [0.2, 0.25) is 0 Å². The van der Waals surface area contributed by atoms with Gasteiger partial charge in [0.15, 0.2) is 0 Å². The molecule has 86 valence electrons. The van der Waals surface area contributed by atoms with Gasteiger partial charge >= 0.3 is 5.97 Å². The summed E-state index contributed by atoms with van der Waals surface area (Å²) >= 11 is 0. The Bertz CT molecular complexity index is 394. The van der Waals surface area contributed by atoms with E-state index in [0.29, 0.717) is 18.1 Å². The Balaban J connectivity index is 2.39. The van der Waals surface area contributed by atoms with Crippen molar-refractivity contribution in [1.29, 1.82) is 0 Å². The maximum atomic E-state index is 10.9. The summed E-state index contributed by atoms with van der Waals surface area (Å²) in [6.45, 7) is 1.95. The van der Waals surface area contributed by atoms with Crippen molar-refractivity contribution in [3.05, 3.63) is 23.3 Å².